The van der Waals surface area contributed by atoms with Crippen LogP contribution in [0.5, 0.6) is 0 Å². The quantitative estimate of drug-likeness (QED) is 0.375. The number of thiophene rings is 1. The van der Waals surface area contributed by atoms with E-state index in [2.05, 4.69) is 48.5 Å². The Labute approximate surface area is 172 Å². The monoisotopic (exact) mass is 478 g/mol. The van der Waals surface area contributed by atoms with Crippen molar-refractivity contribution in [3.63, 3.8) is 0 Å². The van der Waals surface area contributed by atoms with Gasteiger partial charge in [-0.25, -0.2) is 0 Å². The average Bonchev–Trinajstić information content (AvgIpc) is 3.06. The number of rotatable bonds is 6. The van der Waals surface area contributed by atoms with E-state index in [4.69, 9.17) is 10.7 Å². The number of carbonyl (C=O) groups is 1. The van der Waals surface area contributed by atoms with Crippen molar-refractivity contribution < 1.29 is 4.79 Å². The molecular formula is C18H31IN4OS. The number of nitrogens with zero attached hydrogens (tertiary/aromatic N) is 2. The second-order valence-corrected chi connectivity index (χ2v) is 8.10. The summed E-state index contributed by atoms with van der Waals surface area (Å²) in [6.07, 6.45) is 2.62. The molecule has 25 heavy (non-hydrogen) atoms. The van der Waals surface area contributed by atoms with E-state index >= 15 is 0 Å². The first-order valence-corrected chi connectivity index (χ1v) is 9.66. The highest BCUT2D eigenvalue weighted by Gasteiger charge is 2.25. The number of amides is 1. The van der Waals surface area contributed by atoms with Gasteiger partial charge in [-0.3, -0.25) is 9.79 Å². The number of aliphatic imine (C=N–C) groups is 1. The molecule has 0 saturated carbocycles. The average molecular weight is 478 g/mol. The summed E-state index contributed by atoms with van der Waals surface area (Å²) in [6.45, 7) is 9.98. The lowest BCUT2D eigenvalue weighted by atomic mass is 9.92. The number of hydrogen-bond donors (Lipinski definition) is 2. The Morgan fingerprint density at radius 1 is 1.52 bits per heavy atom. The van der Waals surface area contributed by atoms with Crippen molar-refractivity contribution >= 4 is 47.2 Å². The third-order valence-corrected chi connectivity index (χ3v) is 5.69. The summed E-state index contributed by atoms with van der Waals surface area (Å²) >= 11 is 1.78. The van der Waals surface area contributed by atoms with E-state index in [1.165, 1.54) is 4.88 Å². The highest BCUT2D eigenvalue weighted by Crippen LogP contribution is 2.28. The number of nitrogens with two attached hydrogens (primary N) is 1. The summed E-state index contributed by atoms with van der Waals surface area (Å²) < 4.78 is 0. The molecule has 2 rings (SSSR count). The number of carbonyl (C=O) groups excluding carboxylic acids is 1. The van der Waals surface area contributed by atoms with Crippen LogP contribution in [0.25, 0.3) is 0 Å². The van der Waals surface area contributed by atoms with E-state index in [1.807, 2.05) is 0 Å². The Morgan fingerprint density at radius 3 is 2.88 bits per heavy atom. The van der Waals surface area contributed by atoms with Crippen molar-refractivity contribution in [3.05, 3.63) is 22.4 Å². The van der Waals surface area contributed by atoms with E-state index < -0.39 is 0 Å². The zero-order valence-corrected chi connectivity index (χ0v) is 18.6. The summed E-state index contributed by atoms with van der Waals surface area (Å²) in [5, 5.41) is 5.52. The Morgan fingerprint density at radius 2 is 2.28 bits per heavy atom. The number of nitrogens with one attached hydrogen (secondary N) is 1. The Bertz CT molecular complexity index is 559. The summed E-state index contributed by atoms with van der Waals surface area (Å²) in [6, 6.07) is 4.27. The van der Waals surface area contributed by atoms with Gasteiger partial charge >= 0.3 is 0 Å². The lowest BCUT2D eigenvalue weighted by Gasteiger charge is -2.35. The van der Waals surface area contributed by atoms with E-state index in [0.29, 0.717) is 12.3 Å². The van der Waals surface area contributed by atoms with Gasteiger partial charge in [0, 0.05) is 36.3 Å². The van der Waals surface area contributed by atoms with Crippen molar-refractivity contribution in [2.45, 2.75) is 45.4 Å². The minimum atomic E-state index is -0.206. The summed E-state index contributed by atoms with van der Waals surface area (Å²) in [5.74, 6) is 1.09. The van der Waals surface area contributed by atoms with Crippen LogP contribution in [0, 0.1) is 5.92 Å². The molecule has 0 radical (unpaired) electrons. The van der Waals surface area contributed by atoms with Gasteiger partial charge in [0.1, 0.15) is 0 Å². The van der Waals surface area contributed by atoms with E-state index in [9.17, 15) is 4.79 Å². The highest BCUT2D eigenvalue weighted by molar-refractivity contribution is 14.0. The van der Waals surface area contributed by atoms with Crippen molar-refractivity contribution in [2.75, 3.05) is 26.2 Å². The normalized spacial score (nSPS) is 18.6. The molecule has 1 aromatic heterocycles. The zero-order valence-electron chi connectivity index (χ0n) is 15.5. The van der Waals surface area contributed by atoms with Gasteiger partial charge in [-0.2, -0.15) is 0 Å². The number of guanidine groups is 1. The van der Waals surface area contributed by atoms with Crippen LogP contribution in [-0.4, -0.2) is 42.9 Å². The summed E-state index contributed by atoms with van der Waals surface area (Å²) in [7, 11) is 0. The number of halogens is 1. The van der Waals surface area contributed by atoms with Crippen LogP contribution < -0.4 is 11.1 Å². The van der Waals surface area contributed by atoms with Crippen molar-refractivity contribution in [3.8, 4) is 0 Å². The highest BCUT2D eigenvalue weighted by atomic mass is 127. The van der Waals surface area contributed by atoms with E-state index in [-0.39, 0.29) is 35.3 Å². The van der Waals surface area contributed by atoms with Crippen LogP contribution in [0.1, 0.15) is 44.9 Å². The van der Waals surface area contributed by atoms with Crippen LogP contribution in [-0.2, 0) is 10.2 Å². The van der Waals surface area contributed by atoms with Gasteiger partial charge in [0.15, 0.2) is 5.96 Å². The molecule has 0 aliphatic carbocycles. The molecule has 1 amide bonds. The molecule has 1 unspecified atom stereocenters. The topological polar surface area (TPSA) is 70.7 Å². The first-order valence-electron chi connectivity index (χ1n) is 8.78. The Balaban J connectivity index is 0.00000312. The number of primary amides is 1. The fourth-order valence-electron chi connectivity index (χ4n) is 3.15. The molecule has 0 aromatic carbocycles. The minimum Gasteiger partial charge on any atom is -0.370 e. The third kappa shape index (κ3) is 6.77. The van der Waals surface area contributed by atoms with Gasteiger partial charge in [0.05, 0.1) is 6.54 Å². The predicted molar refractivity (Wildman–Crippen MR) is 117 cm³/mol. The zero-order chi connectivity index (χ0) is 17.6. The second kappa shape index (κ2) is 10.4. The summed E-state index contributed by atoms with van der Waals surface area (Å²) in [4.78, 5) is 19.8. The number of likely N-dealkylation sites (tertiary alicyclic amines) is 1. The largest absolute Gasteiger partial charge is 0.370 e. The van der Waals surface area contributed by atoms with Crippen LogP contribution in [0.3, 0.4) is 0 Å². The molecule has 1 fully saturated rings. The van der Waals surface area contributed by atoms with Gasteiger partial charge in [-0.15, -0.1) is 35.3 Å². The minimum absolute atomic E-state index is 0. The molecule has 5 nitrogen and oxygen atoms in total. The van der Waals surface area contributed by atoms with Gasteiger partial charge in [0.2, 0.25) is 5.91 Å². The molecule has 1 aliphatic heterocycles. The maximum atomic E-state index is 11.2. The van der Waals surface area contributed by atoms with E-state index in [0.717, 1.165) is 45.0 Å². The van der Waals surface area contributed by atoms with Gasteiger partial charge in [0.25, 0.3) is 0 Å². The molecule has 1 atom stereocenters. The Hall–Kier alpha value is -0.830. The third-order valence-electron chi connectivity index (χ3n) is 4.46. The molecular weight excluding hydrogens is 447 g/mol. The first kappa shape index (κ1) is 22.2. The molecule has 3 N–H and O–H groups in total. The molecule has 1 saturated heterocycles. The first-order chi connectivity index (χ1) is 11.4. The lowest BCUT2D eigenvalue weighted by Crippen LogP contribution is -2.47. The summed E-state index contributed by atoms with van der Waals surface area (Å²) in [5.41, 5.74) is 5.40. The molecule has 1 aromatic rings. The van der Waals surface area contributed by atoms with Crippen LogP contribution >= 0.6 is 35.3 Å². The second-order valence-electron chi connectivity index (χ2n) is 7.16. The maximum Gasteiger partial charge on any atom is 0.217 e. The van der Waals surface area contributed by atoms with Gasteiger partial charge < -0.3 is 16.0 Å². The number of hydrogen-bond acceptors (Lipinski definition) is 3. The smallest absolute Gasteiger partial charge is 0.217 e. The van der Waals surface area contributed by atoms with E-state index in [1.54, 1.807) is 11.3 Å². The fraction of sp³-hybridized carbons (Fsp3) is 0.667. The number of piperidine rings is 1. The van der Waals surface area contributed by atoms with Crippen molar-refractivity contribution in [1.82, 2.24) is 10.2 Å². The molecule has 1 aliphatic rings. The van der Waals surface area contributed by atoms with Crippen LogP contribution in [0.2, 0.25) is 0 Å². The molecule has 7 heteroatoms. The molecule has 0 bridgehead atoms. The molecule has 142 valence electrons. The predicted octanol–water partition coefficient (Wildman–Crippen LogP) is 3.20. The molecule has 0 spiro atoms. The lowest BCUT2D eigenvalue weighted by molar-refractivity contribution is -0.119. The Kier molecular flexibility index (Phi) is 9.20. The van der Waals surface area contributed by atoms with Crippen molar-refractivity contribution in [2.24, 2.45) is 16.6 Å². The SMILES string of the molecule is CCNC(=NCC(C)(C)c1cccs1)N1CCCC(CC(N)=O)C1.I. The standard InChI is InChI=1S/C18H30N4OS.HI/c1-4-20-17(21-13-18(2,3)15-8-6-10-24-15)22-9-5-7-14(12-22)11-16(19)23;/h6,8,10,14H,4-5,7,9,11-13H2,1-3H3,(H2,19,23)(H,20,21);1H. The van der Waals surface area contributed by atoms with Gasteiger partial charge in [-0.05, 0) is 37.1 Å². The molecule has 2 heterocycles. The van der Waals surface area contributed by atoms with Crippen molar-refractivity contribution in [1.29, 1.82) is 0 Å². The van der Waals surface area contributed by atoms with Gasteiger partial charge in [-0.1, -0.05) is 19.9 Å². The maximum absolute atomic E-state index is 11.2. The fourth-order valence-corrected chi connectivity index (χ4v) is 3.99. The van der Waals surface area contributed by atoms with Crippen LogP contribution in [0.15, 0.2) is 22.5 Å². The van der Waals surface area contributed by atoms with Crippen LogP contribution in [0.4, 0.5) is 0 Å².